The van der Waals surface area contributed by atoms with Crippen molar-refractivity contribution in [2.75, 3.05) is 31.1 Å². The van der Waals surface area contributed by atoms with Gasteiger partial charge < -0.3 is 9.80 Å². The lowest BCUT2D eigenvalue weighted by Gasteiger charge is -2.37. The number of benzene rings is 1. The van der Waals surface area contributed by atoms with Gasteiger partial charge in [0.15, 0.2) is 0 Å². The van der Waals surface area contributed by atoms with Crippen molar-refractivity contribution in [1.82, 2.24) is 29.9 Å². The third kappa shape index (κ3) is 5.01. The van der Waals surface area contributed by atoms with Gasteiger partial charge in [0.2, 0.25) is 21.9 Å². The van der Waals surface area contributed by atoms with Crippen molar-refractivity contribution in [2.24, 2.45) is 11.1 Å². The highest BCUT2D eigenvalue weighted by atomic mass is 32.2. The first-order valence-corrected chi connectivity index (χ1v) is 12.1. The molecule has 3 aromatic rings. The quantitative estimate of drug-likeness (QED) is 0.561. The second-order valence-electron chi connectivity index (χ2n) is 8.20. The number of sulfonamides is 1. The minimum absolute atomic E-state index is 0.00713. The van der Waals surface area contributed by atoms with Crippen LogP contribution in [0.4, 0.5) is 5.95 Å². The number of rotatable bonds is 6. The number of hydrogen-bond donors (Lipinski definition) is 1. The molecule has 11 nitrogen and oxygen atoms in total. The summed E-state index contributed by atoms with van der Waals surface area (Å²) >= 11 is 0. The Labute approximate surface area is 192 Å². The zero-order chi connectivity index (χ0) is 23.6. The number of aromatic nitrogens is 5. The third-order valence-corrected chi connectivity index (χ3v) is 6.51. The largest absolute Gasteiger partial charge is 0.337 e. The zero-order valence-electron chi connectivity index (χ0n) is 18.4. The summed E-state index contributed by atoms with van der Waals surface area (Å²) in [5, 5.41) is 13.6. The van der Waals surface area contributed by atoms with Crippen LogP contribution < -0.4 is 10.0 Å². The molecule has 12 heteroatoms. The Morgan fingerprint density at radius 1 is 1.03 bits per heavy atom. The molecule has 1 fully saturated rings. The number of amides is 1. The van der Waals surface area contributed by atoms with Crippen LogP contribution in [0.5, 0.6) is 0 Å². The number of primary sulfonamides is 1. The normalized spacial score (nSPS) is 15.6. The molecule has 1 aliphatic heterocycles. The van der Waals surface area contributed by atoms with Gasteiger partial charge in [0, 0.05) is 44.1 Å². The highest BCUT2D eigenvalue weighted by Gasteiger charge is 2.32. The van der Waals surface area contributed by atoms with Gasteiger partial charge in [0.05, 0.1) is 11.1 Å². The van der Waals surface area contributed by atoms with Crippen molar-refractivity contribution in [1.29, 1.82) is 0 Å². The second-order valence-corrected chi connectivity index (χ2v) is 9.76. The first kappa shape index (κ1) is 22.8. The summed E-state index contributed by atoms with van der Waals surface area (Å²) in [6.07, 6.45) is 5.13. The van der Waals surface area contributed by atoms with Crippen molar-refractivity contribution in [3.05, 3.63) is 48.9 Å². The number of anilines is 1. The molecule has 0 aliphatic carbocycles. The summed E-state index contributed by atoms with van der Waals surface area (Å²) in [6, 6.07) is 7.35. The number of hydrogen-bond acceptors (Lipinski definition) is 8. The van der Waals surface area contributed by atoms with Crippen molar-refractivity contribution in [3.63, 3.8) is 0 Å². The fourth-order valence-corrected chi connectivity index (χ4v) is 4.35. The standard InChI is InChI=1S/C21H26N8O3S/c1-15(2)19(20(30)27-10-12-28(13-11-27)21-23-8-3-9-24-21)29-14-18(25-26-29)16-4-6-17(7-5-16)33(22,31)32/h3-9,14-15,19H,10-13H2,1-2H3,(H2,22,31,32). The average molecular weight is 471 g/mol. The Morgan fingerprint density at radius 2 is 1.67 bits per heavy atom. The summed E-state index contributed by atoms with van der Waals surface area (Å²) < 4.78 is 24.5. The molecule has 33 heavy (non-hydrogen) atoms. The van der Waals surface area contributed by atoms with E-state index in [1.54, 1.807) is 41.5 Å². The smallest absolute Gasteiger partial charge is 0.247 e. The second kappa shape index (κ2) is 9.24. The summed E-state index contributed by atoms with van der Waals surface area (Å²) in [4.78, 5) is 25.9. The highest BCUT2D eigenvalue weighted by Crippen LogP contribution is 2.25. The maximum atomic E-state index is 13.4. The summed E-state index contributed by atoms with van der Waals surface area (Å²) in [5.74, 6) is 0.645. The predicted molar refractivity (Wildman–Crippen MR) is 122 cm³/mol. The lowest BCUT2D eigenvalue weighted by atomic mass is 10.0. The van der Waals surface area contributed by atoms with Crippen LogP contribution in [-0.4, -0.2) is 70.4 Å². The van der Waals surface area contributed by atoms with Gasteiger partial charge in [-0.25, -0.2) is 28.2 Å². The monoisotopic (exact) mass is 470 g/mol. The zero-order valence-corrected chi connectivity index (χ0v) is 19.3. The topological polar surface area (TPSA) is 140 Å². The van der Waals surface area contributed by atoms with Crippen LogP contribution in [0.15, 0.2) is 53.8 Å². The third-order valence-electron chi connectivity index (χ3n) is 5.58. The lowest BCUT2D eigenvalue weighted by Crippen LogP contribution is -2.51. The highest BCUT2D eigenvalue weighted by molar-refractivity contribution is 7.89. The van der Waals surface area contributed by atoms with E-state index < -0.39 is 16.1 Å². The van der Waals surface area contributed by atoms with E-state index in [0.29, 0.717) is 43.4 Å². The van der Waals surface area contributed by atoms with Crippen molar-refractivity contribution in [2.45, 2.75) is 24.8 Å². The molecule has 2 N–H and O–H groups in total. The summed E-state index contributed by atoms with van der Waals surface area (Å²) in [6.45, 7) is 6.38. The van der Waals surface area contributed by atoms with E-state index in [-0.39, 0.29) is 16.7 Å². The fraction of sp³-hybridized carbons (Fsp3) is 0.381. The molecule has 0 saturated carbocycles. The van der Waals surface area contributed by atoms with Gasteiger partial charge in [-0.05, 0) is 24.1 Å². The maximum Gasteiger partial charge on any atom is 0.247 e. The molecule has 2 aromatic heterocycles. The molecule has 0 bridgehead atoms. The van der Waals surface area contributed by atoms with Gasteiger partial charge in [0.25, 0.3) is 0 Å². The molecule has 1 atom stereocenters. The van der Waals surface area contributed by atoms with E-state index in [2.05, 4.69) is 25.2 Å². The number of piperazine rings is 1. The van der Waals surface area contributed by atoms with Crippen LogP contribution in [-0.2, 0) is 14.8 Å². The van der Waals surface area contributed by atoms with Crippen molar-refractivity contribution < 1.29 is 13.2 Å². The van der Waals surface area contributed by atoms with Crippen LogP contribution in [0.25, 0.3) is 11.3 Å². The van der Waals surface area contributed by atoms with Crippen LogP contribution in [0, 0.1) is 5.92 Å². The molecular weight excluding hydrogens is 444 g/mol. The molecule has 4 rings (SSSR count). The van der Waals surface area contributed by atoms with Gasteiger partial charge in [-0.15, -0.1) is 5.10 Å². The van der Waals surface area contributed by atoms with E-state index in [0.717, 1.165) is 0 Å². The molecule has 0 radical (unpaired) electrons. The van der Waals surface area contributed by atoms with Crippen LogP contribution in [0.1, 0.15) is 19.9 Å². The van der Waals surface area contributed by atoms with E-state index >= 15 is 0 Å². The van der Waals surface area contributed by atoms with Crippen molar-refractivity contribution >= 4 is 21.9 Å². The molecule has 1 aromatic carbocycles. The first-order chi connectivity index (χ1) is 15.7. The van der Waals surface area contributed by atoms with Crippen LogP contribution in [0.3, 0.4) is 0 Å². The Kier molecular flexibility index (Phi) is 6.38. The molecule has 174 valence electrons. The van der Waals surface area contributed by atoms with E-state index in [1.807, 2.05) is 18.7 Å². The van der Waals surface area contributed by atoms with Gasteiger partial charge in [-0.1, -0.05) is 31.2 Å². The Bertz CT molecular complexity index is 1200. The van der Waals surface area contributed by atoms with Crippen molar-refractivity contribution in [3.8, 4) is 11.3 Å². The first-order valence-electron chi connectivity index (χ1n) is 10.6. The molecule has 1 unspecified atom stereocenters. The Balaban J connectivity index is 1.48. The maximum absolute atomic E-state index is 13.4. The number of nitrogens with two attached hydrogens (primary N) is 1. The number of carbonyl (C=O) groups excluding carboxylic acids is 1. The van der Waals surface area contributed by atoms with E-state index in [4.69, 9.17) is 5.14 Å². The Morgan fingerprint density at radius 3 is 2.24 bits per heavy atom. The Hall–Kier alpha value is -3.38. The minimum atomic E-state index is -3.77. The van der Waals surface area contributed by atoms with Gasteiger partial charge in [-0.3, -0.25) is 4.79 Å². The molecular formula is C21H26N8O3S. The van der Waals surface area contributed by atoms with E-state index in [9.17, 15) is 13.2 Å². The molecule has 0 spiro atoms. The van der Waals surface area contributed by atoms with Gasteiger partial charge in [-0.2, -0.15) is 0 Å². The minimum Gasteiger partial charge on any atom is -0.337 e. The number of carbonyl (C=O) groups is 1. The fourth-order valence-electron chi connectivity index (χ4n) is 3.83. The average Bonchev–Trinajstić information content (AvgIpc) is 3.28. The van der Waals surface area contributed by atoms with Crippen LogP contribution in [0.2, 0.25) is 0 Å². The van der Waals surface area contributed by atoms with Gasteiger partial charge in [0.1, 0.15) is 11.7 Å². The molecule has 1 saturated heterocycles. The van der Waals surface area contributed by atoms with Gasteiger partial charge >= 0.3 is 0 Å². The predicted octanol–water partition coefficient (Wildman–Crippen LogP) is 0.928. The molecule has 3 heterocycles. The molecule has 1 amide bonds. The lowest BCUT2D eigenvalue weighted by molar-refractivity contribution is -0.136. The summed E-state index contributed by atoms with van der Waals surface area (Å²) in [7, 11) is -3.77. The van der Waals surface area contributed by atoms with Crippen LogP contribution >= 0.6 is 0 Å². The SMILES string of the molecule is CC(C)C(C(=O)N1CCN(c2ncccn2)CC1)n1cc(-c2ccc(S(N)(=O)=O)cc2)nn1. The van der Waals surface area contributed by atoms with E-state index in [1.165, 1.54) is 12.1 Å². The summed E-state index contributed by atoms with van der Waals surface area (Å²) in [5.41, 5.74) is 1.22. The molecule has 1 aliphatic rings. The number of nitrogens with zero attached hydrogens (tertiary/aromatic N) is 7.